The summed E-state index contributed by atoms with van der Waals surface area (Å²) in [5.74, 6) is 1.16. The van der Waals surface area contributed by atoms with Crippen molar-refractivity contribution in [3.8, 4) is 0 Å². The van der Waals surface area contributed by atoms with Gasteiger partial charge in [0.2, 0.25) is 0 Å². The molecular weight excluding hydrogens is 200 g/mol. The molecule has 88 valence electrons. The van der Waals surface area contributed by atoms with Gasteiger partial charge in [-0.1, -0.05) is 13.8 Å². The van der Waals surface area contributed by atoms with Crippen molar-refractivity contribution in [3.05, 3.63) is 11.3 Å². The third-order valence-electron chi connectivity index (χ3n) is 4.05. The first-order chi connectivity index (χ1) is 7.58. The Bertz CT molecular complexity index is 407. The first kappa shape index (κ1) is 10.1. The molecule has 1 aromatic heterocycles. The lowest BCUT2D eigenvalue weighted by Gasteiger charge is -2.15. The van der Waals surface area contributed by atoms with Crippen molar-refractivity contribution in [2.24, 2.45) is 5.73 Å². The van der Waals surface area contributed by atoms with E-state index in [1.54, 1.807) is 0 Å². The van der Waals surface area contributed by atoms with E-state index in [-0.39, 0.29) is 5.41 Å². The number of rotatable bonds is 1. The minimum absolute atomic E-state index is 0.266. The number of nitrogens with zero attached hydrogens (tertiary/aromatic N) is 2. The summed E-state index contributed by atoms with van der Waals surface area (Å²) in [6.07, 6.45) is 3.47. The van der Waals surface area contributed by atoms with E-state index in [1.807, 2.05) is 0 Å². The summed E-state index contributed by atoms with van der Waals surface area (Å²) in [6.45, 7) is 6.59. The van der Waals surface area contributed by atoms with Gasteiger partial charge in [-0.3, -0.25) is 5.10 Å². The summed E-state index contributed by atoms with van der Waals surface area (Å²) < 4.78 is 0. The largest absolute Gasteiger partial charge is 0.353 e. The van der Waals surface area contributed by atoms with Crippen LogP contribution in [-0.2, 0) is 11.8 Å². The molecule has 0 amide bonds. The minimum Gasteiger partial charge on any atom is -0.353 e. The quantitative estimate of drug-likeness (QED) is 0.747. The Morgan fingerprint density at radius 2 is 2.31 bits per heavy atom. The Hall–Kier alpha value is -1.03. The van der Waals surface area contributed by atoms with Gasteiger partial charge in [-0.05, 0) is 19.3 Å². The van der Waals surface area contributed by atoms with E-state index < -0.39 is 0 Å². The molecule has 3 rings (SSSR count). The van der Waals surface area contributed by atoms with Crippen molar-refractivity contribution in [3.63, 3.8) is 0 Å². The summed E-state index contributed by atoms with van der Waals surface area (Å²) >= 11 is 0. The van der Waals surface area contributed by atoms with Crippen LogP contribution in [-0.4, -0.2) is 29.3 Å². The van der Waals surface area contributed by atoms with Gasteiger partial charge in [-0.25, -0.2) is 0 Å². The highest BCUT2D eigenvalue weighted by Crippen LogP contribution is 2.41. The number of nitrogens with two attached hydrogens (primary N) is 1. The maximum atomic E-state index is 5.95. The third-order valence-corrected chi connectivity index (χ3v) is 4.05. The monoisotopic (exact) mass is 220 g/mol. The normalized spacial score (nSPS) is 27.4. The smallest absolute Gasteiger partial charge is 0.153 e. The molecule has 4 nitrogen and oxygen atoms in total. The molecule has 1 atom stereocenters. The van der Waals surface area contributed by atoms with Crippen LogP contribution in [0.5, 0.6) is 0 Å². The third kappa shape index (κ3) is 1.36. The summed E-state index contributed by atoms with van der Waals surface area (Å²) in [6, 6.07) is 0.321. The van der Waals surface area contributed by atoms with E-state index in [0.29, 0.717) is 6.04 Å². The molecule has 1 fully saturated rings. The van der Waals surface area contributed by atoms with Gasteiger partial charge >= 0.3 is 0 Å². The zero-order chi connectivity index (χ0) is 11.3. The van der Waals surface area contributed by atoms with E-state index in [4.69, 9.17) is 5.73 Å². The van der Waals surface area contributed by atoms with Gasteiger partial charge in [0, 0.05) is 35.8 Å². The average Bonchev–Trinajstić information content (AvgIpc) is 2.84. The van der Waals surface area contributed by atoms with Crippen LogP contribution in [0.15, 0.2) is 0 Å². The van der Waals surface area contributed by atoms with Crippen molar-refractivity contribution < 1.29 is 0 Å². The summed E-state index contributed by atoms with van der Waals surface area (Å²) in [5.41, 5.74) is 8.98. The molecule has 1 aliphatic heterocycles. The molecule has 0 bridgehead atoms. The van der Waals surface area contributed by atoms with Crippen LogP contribution in [0.25, 0.3) is 0 Å². The van der Waals surface area contributed by atoms with Crippen LogP contribution in [0.2, 0.25) is 0 Å². The lowest BCUT2D eigenvalue weighted by molar-refractivity contribution is 0.504. The van der Waals surface area contributed by atoms with Crippen molar-refractivity contribution in [1.29, 1.82) is 0 Å². The summed E-state index contributed by atoms with van der Waals surface area (Å²) in [4.78, 5) is 2.33. The first-order valence-electron chi connectivity index (χ1n) is 6.16. The van der Waals surface area contributed by atoms with E-state index in [2.05, 4.69) is 28.9 Å². The van der Waals surface area contributed by atoms with E-state index >= 15 is 0 Å². The highest BCUT2D eigenvalue weighted by Gasteiger charge is 2.36. The van der Waals surface area contributed by atoms with Crippen LogP contribution in [0.3, 0.4) is 0 Å². The Balaban J connectivity index is 1.93. The number of hydrogen-bond acceptors (Lipinski definition) is 3. The topological polar surface area (TPSA) is 57.9 Å². The Morgan fingerprint density at radius 1 is 1.50 bits per heavy atom. The van der Waals surface area contributed by atoms with Gasteiger partial charge in [-0.15, -0.1) is 0 Å². The fraction of sp³-hybridized carbons (Fsp3) is 0.750. The average molecular weight is 220 g/mol. The number of anilines is 1. The molecule has 0 radical (unpaired) electrons. The van der Waals surface area contributed by atoms with Crippen molar-refractivity contribution >= 4 is 5.82 Å². The predicted octanol–water partition coefficient (Wildman–Crippen LogP) is 1.17. The molecule has 1 unspecified atom stereocenters. The molecule has 4 heteroatoms. The standard InChI is InChI=1S/C12H20N4/c1-12(2)5-3-9-10(12)14-15-11(9)16-6-4-8(13)7-16/h8H,3-7,13H2,1-2H3,(H,14,15). The lowest BCUT2D eigenvalue weighted by Crippen LogP contribution is -2.27. The van der Waals surface area contributed by atoms with Gasteiger partial charge in [0.05, 0.1) is 0 Å². The molecule has 2 heterocycles. The second-order valence-electron chi connectivity index (χ2n) is 5.78. The second-order valence-corrected chi connectivity index (χ2v) is 5.78. The Kier molecular flexibility index (Phi) is 2.05. The molecule has 1 saturated heterocycles. The van der Waals surface area contributed by atoms with Crippen LogP contribution in [0.4, 0.5) is 5.82 Å². The van der Waals surface area contributed by atoms with Gasteiger partial charge < -0.3 is 10.6 Å². The number of H-pyrrole nitrogens is 1. The molecular formula is C12H20N4. The molecule has 3 N–H and O–H groups in total. The van der Waals surface area contributed by atoms with E-state index in [1.165, 1.54) is 17.7 Å². The molecule has 0 aromatic carbocycles. The van der Waals surface area contributed by atoms with Crippen molar-refractivity contribution in [2.45, 2.75) is 44.6 Å². The second kappa shape index (κ2) is 3.23. The lowest BCUT2D eigenvalue weighted by atomic mass is 9.91. The van der Waals surface area contributed by atoms with Crippen molar-refractivity contribution in [2.75, 3.05) is 18.0 Å². The zero-order valence-electron chi connectivity index (χ0n) is 10.1. The fourth-order valence-electron chi connectivity index (χ4n) is 2.96. The van der Waals surface area contributed by atoms with E-state index in [9.17, 15) is 0 Å². The van der Waals surface area contributed by atoms with E-state index in [0.717, 1.165) is 31.7 Å². The maximum Gasteiger partial charge on any atom is 0.153 e. The molecule has 0 saturated carbocycles. The van der Waals surface area contributed by atoms with Gasteiger partial charge in [0.15, 0.2) is 5.82 Å². The van der Waals surface area contributed by atoms with Gasteiger partial charge in [-0.2, -0.15) is 5.10 Å². The number of fused-ring (bicyclic) bond motifs is 1. The number of aromatic nitrogens is 2. The first-order valence-corrected chi connectivity index (χ1v) is 6.16. The summed E-state index contributed by atoms with van der Waals surface area (Å²) in [7, 11) is 0. The molecule has 16 heavy (non-hydrogen) atoms. The molecule has 0 spiro atoms. The predicted molar refractivity (Wildman–Crippen MR) is 64.7 cm³/mol. The zero-order valence-corrected chi connectivity index (χ0v) is 10.1. The van der Waals surface area contributed by atoms with Crippen LogP contribution < -0.4 is 10.6 Å². The highest BCUT2D eigenvalue weighted by atomic mass is 15.3. The summed E-state index contributed by atoms with van der Waals surface area (Å²) in [5, 5.41) is 7.73. The molecule has 2 aliphatic rings. The Labute approximate surface area is 96.2 Å². The molecule has 1 aliphatic carbocycles. The Morgan fingerprint density at radius 3 is 3.00 bits per heavy atom. The van der Waals surface area contributed by atoms with Crippen LogP contribution in [0, 0.1) is 0 Å². The van der Waals surface area contributed by atoms with Crippen LogP contribution >= 0.6 is 0 Å². The van der Waals surface area contributed by atoms with Crippen LogP contribution in [0.1, 0.15) is 37.9 Å². The number of hydrogen-bond donors (Lipinski definition) is 2. The number of nitrogens with one attached hydrogen (secondary N) is 1. The van der Waals surface area contributed by atoms with Crippen molar-refractivity contribution in [1.82, 2.24) is 10.2 Å². The fourth-order valence-corrected chi connectivity index (χ4v) is 2.96. The highest BCUT2D eigenvalue weighted by molar-refractivity contribution is 5.54. The SMILES string of the molecule is CC1(C)CCc2c(N3CCC(N)C3)n[nH]c21. The minimum atomic E-state index is 0.266. The van der Waals surface area contributed by atoms with Gasteiger partial charge in [0.25, 0.3) is 0 Å². The molecule has 1 aromatic rings. The maximum absolute atomic E-state index is 5.95. The van der Waals surface area contributed by atoms with Gasteiger partial charge in [0.1, 0.15) is 0 Å². The number of aromatic amines is 1.